The van der Waals surface area contributed by atoms with Crippen LogP contribution in [0.4, 0.5) is 0 Å². The lowest BCUT2D eigenvalue weighted by atomic mass is 9.85. The van der Waals surface area contributed by atoms with Crippen molar-refractivity contribution in [2.75, 3.05) is 0 Å². The number of aliphatic hydroxyl groups excluding tert-OH is 1. The second-order valence-corrected chi connectivity index (χ2v) is 5.59. The molecule has 0 radical (unpaired) electrons. The van der Waals surface area contributed by atoms with Crippen LogP contribution >= 0.6 is 0 Å². The van der Waals surface area contributed by atoms with Gasteiger partial charge in [0.05, 0.1) is 11.7 Å². The molecule has 2 nitrogen and oxygen atoms in total. The van der Waals surface area contributed by atoms with Gasteiger partial charge in [-0.3, -0.25) is 0 Å². The Morgan fingerprint density at radius 2 is 1.54 bits per heavy atom. The maximum atomic E-state index is 9.70. The summed E-state index contributed by atoms with van der Waals surface area (Å²) in [4.78, 5) is 0. The number of hydrogen-bond donors (Lipinski definition) is 2. The van der Waals surface area contributed by atoms with Gasteiger partial charge >= 0.3 is 0 Å². The van der Waals surface area contributed by atoms with Gasteiger partial charge in [0.2, 0.25) is 0 Å². The van der Waals surface area contributed by atoms with Crippen LogP contribution in [0.25, 0.3) is 0 Å². The van der Waals surface area contributed by atoms with Crippen molar-refractivity contribution in [3.05, 3.63) is 0 Å². The topological polar surface area (TPSA) is 40.5 Å². The molecule has 0 saturated heterocycles. The molecule has 13 heavy (non-hydrogen) atoms. The van der Waals surface area contributed by atoms with Crippen molar-refractivity contribution in [2.24, 2.45) is 5.41 Å². The van der Waals surface area contributed by atoms with E-state index in [4.69, 9.17) is 0 Å². The summed E-state index contributed by atoms with van der Waals surface area (Å²) < 4.78 is 0. The van der Waals surface area contributed by atoms with Crippen molar-refractivity contribution in [1.29, 1.82) is 0 Å². The smallest absolute Gasteiger partial charge is 0.0591 e. The molecule has 80 valence electrons. The lowest BCUT2D eigenvalue weighted by Gasteiger charge is -2.26. The zero-order valence-corrected chi connectivity index (χ0v) is 9.59. The molecule has 0 aromatic rings. The Morgan fingerprint density at radius 1 is 1.08 bits per heavy atom. The molecule has 0 aromatic carbocycles. The Bertz CT molecular complexity index is 139. The molecule has 0 rings (SSSR count). The lowest BCUT2D eigenvalue weighted by molar-refractivity contribution is 0.0350. The largest absolute Gasteiger partial charge is 0.393 e. The predicted molar refractivity (Wildman–Crippen MR) is 55.6 cm³/mol. The van der Waals surface area contributed by atoms with E-state index in [0.29, 0.717) is 0 Å². The molecular formula is C11H24O2. The summed E-state index contributed by atoms with van der Waals surface area (Å²) in [6.07, 6.45) is 2.13. The van der Waals surface area contributed by atoms with Crippen molar-refractivity contribution < 1.29 is 10.2 Å². The zero-order valence-electron chi connectivity index (χ0n) is 9.59. The number of aliphatic hydroxyl groups is 2. The van der Waals surface area contributed by atoms with Gasteiger partial charge in [0.15, 0.2) is 0 Å². The van der Waals surface area contributed by atoms with E-state index in [2.05, 4.69) is 0 Å². The van der Waals surface area contributed by atoms with E-state index in [1.54, 1.807) is 13.8 Å². The van der Waals surface area contributed by atoms with Crippen molar-refractivity contribution in [3.63, 3.8) is 0 Å². The first kappa shape index (κ1) is 12.9. The summed E-state index contributed by atoms with van der Waals surface area (Å²) in [6.45, 7) is 9.69. The number of hydrogen-bond acceptors (Lipinski definition) is 2. The van der Waals surface area contributed by atoms with Crippen LogP contribution in [0, 0.1) is 5.41 Å². The third-order valence-corrected chi connectivity index (χ3v) is 2.27. The van der Waals surface area contributed by atoms with Crippen LogP contribution < -0.4 is 0 Å². The van der Waals surface area contributed by atoms with Gasteiger partial charge in [-0.1, -0.05) is 20.8 Å². The van der Waals surface area contributed by atoms with Gasteiger partial charge in [0.25, 0.3) is 0 Å². The molecule has 0 fully saturated rings. The first-order valence-corrected chi connectivity index (χ1v) is 5.03. The molecule has 0 saturated carbocycles. The van der Waals surface area contributed by atoms with Crippen LogP contribution in [0.2, 0.25) is 0 Å². The maximum Gasteiger partial charge on any atom is 0.0591 e. The van der Waals surface area contributed by atoms with Gasteiger partial charge in [-0.25, -0.2) is 0 Å². The average molecular weight is 188 g/mol. The molecule has 2 heteroatoms. The minimum atomic E-state index is -0.600. The van der Waals surface area contributed by atoms with Gasteiger partial charge < -0.3 is 10.2 Å². The Balaban J connectivity index is 3.67. The van der Waals surface area contributed by atoms with Gasteiger partial charge in [-0.15, -0.1) is 0 Å². The molecular weight excluding hydrogens is 164 g/mol. The van der Waals surface area contributed by atoms with Gasteiger partial charge in [0, 0.05) is 0 Å². The van der Waals surface area contributed by atoms with E-state index in [1.807, 2.05) is 20.8 Å². The van der Waals surface area contributed by atoms with Crippen LogP contribution in [0.1, 0.15) is 53.9 Å². The van der Waals surface area contributed by atoms with Crippen molar-refractivity contribution >= 4 is 0 Å². The molecule has 0 aliphatic rings. The first-order valence-electron chi connectivity index (χ1n) is 5.03. The van der Waals surface area contributed by atoms with E-state index in [-0.39, 0.29) is 11.5 Å². The summed E-state index contributed by atoms with van der Waals surface area (Å²) in [5.41, 5.74) is -0.642. The minimum Gasteiger partial charge on any atom is -0.393 e. The molecule has 1 atom stereocenters. The summed E-state index contributed by atoms with van der Waals surface area (Å²) in [5.74, 6) is 0. The molecule has 0 aromatic heterocycles. The Labute approximate surface area is 82.0 Å². The quantitative estimate of drug-likeness (QED) is 0.711. The second-order valence-electron chi connectivity index (χ2n) is 5.59. The SMILES string of the molecule is CC(C)(O)CCCC(O)C(C)(C)C. The predicted octanol–water partition coefficient (Wildman–Crippen LogP) is 2.33. The van der Waals surface area contributed by atoms with E-state index < -0.39 is 5.60 Å². The fourth-order valence-corrected chi connectivity index (χ4v) is 1.16. The highest BCUT2D eigenvalue weighted by Crippen LogP contribution is 2.24. The van der Waals surface area contributed by atoms with Gasteiger partial charge in [-0.2, -0.15) is 0 Å². The Hall–Kier alpha value is -0.0800. The summed E-state index contributed by atoms with van der Waals surface area (Å²) in [6, 6.07) is 0. The average Bonchev–Trinajstić information content (AvgIpc) is 1.82. The third kappa shape index (κ3) is 7.03. The molecule has 0 bridgehead atoms. The highest BCUT2D eigenvalue weighted by Gasteiger charge is 2.22. The van der Waals surface area contributed by atoms with E-state index in [1.165, 1.54) is 0 Å². The third-order valence-electron chi connectivity index (χ3n) is 2.27. The molecule has 0 heterocycles. The van der Waals surface area contributed by atoms with E-state index >= 15 is 0 Å². The highest BCUT2D eigenvalue weighted by molar-refractivity contribution is 4.74. The Kier molecular flexibility index (Phi) is 4.40. The molecule has 2 N–H and O–H groups in total. The molecule has 0 aliphatic carbocycles. The van der Waals surface area contributed by atoms with Crippen LogP contribution in [0.3, 0.4) is 0 Å². The van der Waals surface area contributed by atoms with Crippen LogP contribution in [-0.4, -0.2) is 21.9 Å². The highest BCUT2D eigenvalue weighted by atomic mass is 16.3. The van der Waals surface area contributed by atoms with Crippen LogP contribution in [0.15, 0.2) is 0 Å². The summed E-state index contributed by atoms with van der Waals surface area (Å²) >= 11 is 0. The van der Waals surface area contributed by atoms with Gasteiger partial charge in [0.1, 0.15) is 0 Å². The molecule has 0 amide bonds. The monoisotopic (exact) mass is 188 g/mol. The summed E-state index contributed by atoms with van der Waals surface area (Å²) in [7, 11) is 0. The maximum absolute atomic E-state index is 9.70. The standard InChI is InChI=1S/C11H24O2/c1-10(2,3)9(12)7-6-8-11(4,5)13/h9,12-13H,6-8H2,1-5H3. The van der Waals surface area contributed by atoms with Crippen molar-refractivity contribution in [1.82, 2.24) is 0 Å². The van der Waals surface area contributed by atoms with E-state index in [9.17, 15) is 10.2 Å². The summed E-state index contributed by atoms with van der Waals surface area (Å²) in [5, 5.41) is 19.2. The zero-order chi connectivity index (χ0) is 10.7. The minimum absolute atomic E-state index is 0.0421. The lowest BCUT2D eigenvalue weighted by Crippen LogP contribution is -2.27. The number of rotatable bonds is 4. The normalized spacial score (nSPS) is 15.9. The second kappa shape index (κ2) is 4.43. The first-order chi connectivity index (χ1) is 5.63. The van der Waals surface area contributed by atoms with E-state index in [0.717, 1.165) is 19.3 Å². The van der Waals surface area contributed by atoms with Crippen molar-refractivity contribution in [2.45, 2.75) is 65.6 Å². The van der Waals surface area contributed by atoms with Gasteiger partial charge in [-0.05, 0) is 38.5 Å². The van der Waals surface area contributed by atoms with Crippen molar-refractivity contribution in [3.8, 4) is 0 Å². The Morgan fingerprint density at radius 3 is 1.85 bits per heavy atom. The van der Waals surface area contributed by atoms with Crippen LogP contribution in [-0.2, 0) is 0 Å². The molecule has 1 unspecified atom stereocenters. The fraction of sp³-hybridized carbons (Fsp3) is 1.00. The molecule has 0 spiro atoms. The molecule has 0 aliphatic heterocycles. The fourth-order valence-electron chi connectivity index (χ4n) is 1.16. The van der Waals surface area contributed by atoms with Crippen LogP contribution in [0.5, 0.6) is 0 Å².